The van der Waals surface area contributed by atoms with Gasteiger partial charge >= 0.3 is 0 Å². The molecule has 0 spiro atoms. The van der Waals surface area contributed by atoms with Crippen LogP contribution in [0.15, 0.2) is 59.1 Å². The van der Waals surface area contributed by atoms with E-state index in [2.05, 4.69) is 21.2 Å². The molecule has 24 heavy (non-hydrogen) atoms. The third kappa shape index (κ3) is 5.49. The number of carbonyl (C=O) groups is 2. The van der Waals surface area contributed by atoms with Crippen molar-refractivity contribution in [3.8, 4) is 0 Å². The molecule has 0 aliphatic rings. The molecular formula is C19H21BrN2O2. The van der Waals surface area contributed by atoms with Crippen LogP contribution in [0.1, 0.15) is 29.3 Å². The highest BCUT2D eigenvalue weighted by molar-refractivity contribution is 9.10. The number of nitrogens with zero attached hydrogens (tertiary/aromatic N) is 1. The van der Waals surface area contributed by atoms with Gasteiger partial charge in [-0.05, 0) is 36.2 Å². The van der Waals surface area contributed by atoms with Crippen LogP contribution in [0, 0.1) is 0 Å². The van der Waals surface area contributed by atoms with Crippen molar-refractivity contribution in [2.24, 2.45) is 0 Å². The summed E-state index contributed by atoms with van der Waals surface area (Å²) >= 11 is 3.33. The minimum Gasteiger partial charge on any atom is -0.343 e. The number of nitrogens with one attached hydrogen (secondary N) is 1. The summed E-state index contributed by atoms with van der Waals surface area (Å²) in [5, 5.41) is 2.70. The van der Waals surface area contributed by atoms with E-state index in [1.165, 1.54) is 0 Å². The Morgan fingerprint density at radius 3 is 2.33 bits per heavy atom. The van der Waals surface area contributed by atoms with Gasteiger partial charge in [0.1, 0.15) is 0 Å². The second-order valence-corrected chi connectivity index (χ2v) is 6.41. The lowest BCUT2D eigenvalue weighted by Crippen LogP contribution is -2.40. The molecule has 0 bridgehead atoms. The zero-order chi connectivity index (χ0) is 17.4. The molecule has 2 aromatic rings. The Hall–Kier alpha value is -2.14. The van der Waals surface area contributed by atoms with Crippen molar-refractivity contribution in [1.82, 2.24) is 10.2 Å². The highest BCUT2D eigenvalue weighted by atomic mass is 79.9. The lowest BCUT2D eigenvalue weighted by molar-refractivity contribution is -0.130. The monoisotopic (exact) mass is 388 g/mol. The standard InChI is InChI=1S/C19H21BrN2O2/c1-2-12-22(14-15-6-4-3-5-7-15)18(23)13-21-19(24)16-8-10-17(20)11-9-16/h3-11H,2,12-14H2,1H3,(H,21,24). The summed E-state index contributed by atoms with van der Waals surface area (Å²) in [7, 11) is 0. The maximum Gasteiger partial charge on any atom is 0.251 e. The molecule has 0 unspecified atom stereocenters. The number of amides is 2. The molecule has 4 nitrogen and oxygen atoms in total. The quantitative estimate of drug-likeness (QED) is 0.787. The SMILES string of the molecule is CCCN(Cc1ccccc1)C(=O)CNC(=O)c1ccc(Br)cc1. The van der Waals surface area contributed by atoms with Gasteiger partial charge in [0.25, 0.3) is 5.91 Å². The van der Waals surface area contributed by atoms with Gasteiger partial charge in [0.15, 0.2) is 0 Å². The first kappa shape index (κ1) is 18.2. The summed E-state index contributed by atoms with van der Waals surface area (Å²) in [4.78, 5) is 26.3. The van der Waals surface area contributed by atoms with E-state index in [4.69, 9.17) is 0 Å². The van der Waals surface area contributed by atoms with Gasteiger partial charge in [-0.1, -0.05) is 53.2 Å². The van der Waals surface area contributed by atoms with Crippen molar-refractivity contribution in [3.63, 3.8) is 0 Å². The normalized spacial score (nSPS) is 10.2. The van der Waals surface area contributed by atoms with Crippen LogP contribution in [0.2, 0.25) is 0 Å². The van der Waals surface area contributed by atoms with Crippen molar-refractivity contribution in [3.05, 3.63) is 70.2 Å². The summed E-state index contributed by atoms with van der Waals surface area (Å²) in [6, 6.07) is 16.9. The Morgan fingerprint density at radius 2 is 1.71 bits per heavy atom. The number of halogens is 1. The van der Waals surface area contributed by atoms with Crippen molar-refractivity contribution < 1.29 is 9.59 Å². The number of benzene rings is 2. The van der Waals surface area contributed by atoms with Gasteiger partial charge in [0, 0.05) is 23.1 Å². The van der Waals surface area contributed by atoms with Gasteiger partial charge in [0.05, 0.1) is 6.54 Å². The van der Waals surface area contributed by atoms with Crippen LogP contribution in [0.5, 0.6) is 0 Å². The van der Waals surface area contributed by atoms with E-state index < -0.39 is 0 Å². The van der Waals surface area contributed by atoms with Crippen molar-refractivity contribution >= 4 is 27.7 Å². The van der Waals surface area contributed by atoms with Gasteiger partial charge < -0.3 is 10.2 Å². The maximum atomic E-state index is 12.4. The molecule has 0 heterocycles. The lowest BCUT2D eigenvalue weighted by Gasteiger charge is -2.22. The van der Waals surface area contributed by atoms with Crippen molar-refractivity contribution in [1.29, 1.82) is 0 Å². The molecule has 2 amide bonds. The first-order valence-corrected chi connectivity index (χ1v) is 8.75. The molecule has 2 aromatic carbocycles. The summed E-state index contributed by atoms with van der Waals surface area (Å²) in [5.74, 6) is -0.321. The third-order valence-electron chi connectivity index (χ3n) is 3.57. The molecule has 0 aliphatic carbocycles. The topological polar surface area (TPSA) is 49.4 Å². The molecule has 2 rings (SSSR count). The van der Waals surface area contributed by atoms with Gasteiger partial charge in [-0.3, -0.25) is 9.59 Å². The summed E-state index contributed by atoms with van der Waals surface area (Å²) < 4.78 is 0.909. The van der Waals surface area contributed by atoms with Crippen LogP contribution in [-0.2, 0) is 11.3 Å². The maximum absolute atomic E-state index is 12.4. The van der Waals surface area contributed by atoms with Crippen molar-refractivity contribution in [2.45, 2.75) is 19.9 Å². The molecule has 1 N–H and O–H groups in total. The van der Waals surface area contributed by atoms with Gasteiger partial charge in [-0.25, -0.2) is 0 Å². The lowest BCUT2D eigenvalue weighted by atomic mass is 10.2. The minimum atomic E-state index is -0.244. The second-order valence-electron chi connectivity index (χ2n) is 5.49. The van der Waals surface area contributed by atoms with E-state index in [9.17, 15) is 9.59 Å². The summed E-state index contributed by atoms with van der Waals surface area (Å²) in [6.07, 6.45) is 0.874. The van der Waals surface area contributed by atoms with Crippen LogP contribution in [0.3, 0.4) is 0 Å². The van der Waals surface area contributed by atoms with Gasteiger partial charge in [-0.15, -0.1) is 0 Å². The molecule has 0 saturated carbocycles. The highest BCUT2D eigenvalue weighted by Crippen LogP contribution is 2.10. The Kier molecular flexibility index (Phi) is 7.00. The first-order chi connectivity index (χ1) is 11.6. The molecule has 126 valence electrons. The van der Waals surface area contributed by atoms with Crippen LogP contribution >= 0.6 is 15.9 Å². The predicted octanol–water partition coefficient (Wildman–Crippen LogP) is 3.62. The minimum absolute atomic E-state index is 0.00172. The van der Waals surface area contributed by atoms with Gasteiger partial charge in [-0.2, -0.15) is 0 Å². The smallest absolute Gasteiger partial charge is 0.251 e. The molecule has 0 fully saturated rings. The van der Waals surface area contributed by atoms with E-state index in [1.54, 1.807) is 29.2 Å². The molecule has 0 radical (unpaired) electrons. The fourth-order valence-electron chi connectivity index (χ4n) is 2.34. The Labute approximate surface area is 151 Å². The Balaban J connectivity index is 1.92. The van der Waals surface area contributed by atoms with E-state index in [0.717, 1.165) is 16.5 Å². The van der Waals surface area contributed by atoms with E-state index in [1.807, 2.05) is 37.3 Å². The number of hydrogen-bond donors (Lipinski definition) is 1. The predicted molar refractivity (Wildman–Crippen MR) is 98.6 cm³/mol. The average Bonchev–Trinajstić information content (AvgIpc) is 2.60. The summed E-state index contributed by atoms with van der Waals surface area (Å²) in [6.45, 7) is 3.26. The van der Waals surface area contributed by atoms with Gasteiger partial charge in [0.2, 0.25) is 5.91 Å². The van der Waals surface area contributed by atoms with Crippen LogP contribution < -0.4 is 5.32 Å². The van der Waals surface area contributed by atoms with Crippen LogP contribution in [0.4, 0.5) is 0 Å². The fourth-order valence-corrected chi connectivity index (χ4v) is 2.60. The average molecular weight is 389 g/mol. The zero-order valence-corrected chi connectivity index (χ0v) is 15.3. The van der Waals surface area contributed by atoms with Crippen molar-refractivity contribution in [2.75, 3.05) is 13.1 Å². The fraction of sp³-hybridized carbons (Fsp3) is 0.263. The number of rotatable bonds is 7. The third-order valence-corrected chi connectivity index (χ3v) is 4.10. The molecule has 0 aromatic heterocycles. The van der Waals surface area contributed by atoms with Crippen LogP contribution in [-0.4, -0.2) is 29.8 Å². The zero-order valence-electron chi connectivity index (χ0n) is 13.7. The second kappa shape index (κ2) is 9.23. The first-order valence-electron chi connectivity index (χ1n) is 7.95. The molecule has 5 heteroatoms. The highest BCUT2D eigenvalue weighted by Gasteiger charge is 2.15. The van der Waals surface area contributed by atoms with E-state index >= 15 is 0 Å². The molecule has 0 aliphatic heterocycles. The van der Waals surface area contributed by atoms with Crippen LogP contribution in [0.25, 0.3) is 0 Å². The van der Waals surface area contributed by atoms with E-state index in [-0.39, 0.29) is 18.4 Å². The Bertz CT molecular complexity index is 672. The molecular weight excluding hydrogens is 368 g/mol. The largest absolute Gasteiger partial charge is 0.343 e. The number of hydrogen-bond acceptors (Lipinski definition) is 2. The Morgan fingerprint density at radius 1 is 1.04 bits per heavy atom. The molecule has 0 saturated heterocycles. The van der Waals surface area contributed by atoms with E-state index in [0.29, 0.717) is 18.7 Å². The number of carbonyl (C=O) groups excluding carboxylic acids is 2. The summed E-state index contributed by atoms with van der Waals surface area (Å²) in [5.41, 5.74) is 1.62. The molecule has 0 atom stereocenters.